The zero-order valence-electron chi connectivity index (χ0n) is 13.2. The number of imidazole rings is 1. The molecule has 1 aromatic heterocycles. The van der Waals surface area contributed by atoms with Crippen molar-refractivity contribution in [3.63, 3.8) is 0 Å². The topological polar surface area (TPSA) is 73.4 Å². The first-order valence-electron chi connectivity index (χ1n) is 7.64. The summed E-state index contributed by atoms with van der Waals surface area (Å²) in [6, 6.07) is -0.369. The Hall–Kier alpha value is -1.40. The van der Waals surface area contributed by atoms with E-state index in [2.05, 4.69) is 18.8 Å². The number of rotatable bonds is 5. The summed E-state index contributed by atoms with van der Waals surface area (Å²) >= 11 is 0. The predicted molar refractivity (Wildman–Crippen MR) is 80.7 cm³/mol. The molecule has 2 unspecified atom stereocenters. The van der Waals surface area contributed by atoms with Crippen LogP contribution in [0.5, 0.6) is 0 Å². The Kier molecular flexibility index (Phi) is 5.36. The molecule has 1 aliphatic rings. The van der Waals surface area contributed by atoms with Gasteiger partial charge in [-0.15, -0.1) is 0 Å². The Balaban J connectivity index is 2.10. The van der Waals surface area contributed by atoms with Crippen molar-refractivity contribution >= 4 is 5.91 Å². The molecule has 2 atom stereocenters. The number of nitrogens with zero attached hydrogens (tertiary/aromatic N) is 3. The normalized spacial score (nSPS) is 18.8. The van der Waals surface area contributed by atoms with Gasteiger partial charge in [0.2, 0.25) is 5.91 Å². The van der Waals surface area contributed by atoms with Gasteiger partial charge in [0.1, 0.15) is 6.04 Å². The highest BCUT2D eigenvalue weighted by molar-refractivity contribution is 5.80. The van der Waals surface area contributed by atoms with Crippen LogP contribution in [-0.4, -0.2) is 46.7 Å². The van der Waals surface area contributed by atoms with Gasteiger partial charge in [-0.25, -0.2) is 4.98 Å². The molecular formula is C15H26N4O2. The van der Waals surface area contributed by atoms with Crippen LogP contribution < -0.4 is 5.73 Å². The summed E-state index contributed by atoms with van der Waals surface area (Å²) in [5.41, 5.74) is 7.18. The number of nitrogens with two attached hydrogens (primary N) is 1. The van der Waals surface area contributed by atoms with Crippen molar-refractivity contribution in [2.45, 2.75) is 39.3 Å². The molecule has 6 nitrogen and oxygen atoms in total. The smallest absolute Gasteiger partial charge is 0.245 e. The predicted octanol–water partition coefficient (Wildman–Crippen LogP) is 1.35. The molecule has 2 rings (SSSR count). The van der Waals surface area contributed by atoms with E-state index in [9.17, 15) is 4.79 Å². The van der Waals surface area contributed by atoms with E-state index in [-0.39, 0.29) is 18.0 Å². The summed E-state index contributed by atoms with van der Waals surface area (Å²) in [6.07, 6.45) is 4.36. The Labute approximate surface area is 126 Å². The van der Waals surface area contributed by atoms with Gasteiger partial charge in [0.05, 0.1) is 25.2 Å². The first-order chi connectivity index (χ1) is 10.0. The second-order valence-corrected chi connectivity index (χ2v) is 6.08. The summed E-state index contributed by atoms with van der Waals surface area (Å²) in [5.74, 6) is 0.614. The fourth-order valence-electron chi connectivity index (χ4n) is 2.72. The van der Waals surface area contributed by atoms with Crippen molar-refractivity contribution < 1.29 is 9.53 Å². The number of amides is 1. The molecule has 1 saturated heterocycles. The van der Waals surface area contributed by atoms with E-state index in [0.29, 0.717) is 32.2 Å². The van der Waals surface area contributed by atoms with Gasteiger partial charge in [0, 0.05) is 25.3 Å². The number of carbonyl (C=O) groups excluding carboxylic acids is 1. The number of ether oxygens (including phenoxy) is 1. The first-order valence-corrected chi connectivity index (χ1v) is 7.64. The van der Waals surface area contributed by atoms with Crippen molar-refractivity contribution in [1.29, 1.82) is 0 Å². The minimum absolute atomic E-state index is 0.0903. The quantitative estimate of drug-likeness (QED) is 0.889. The van der Waals surface area contributed by atoms with Crippen molar-refractivity contribution in [1.82, 2.24) is 14.5 Å². The van der Waals surface area contributed by atoms with Crippen molar-refractivity contribution in [2.24, 2.45) is 11.7 Å². The standard InChI is InChI=1S/C15H26N4O2/c1-11(2)8-13(16)14-9-17-10-19(14)12(3)15(20)18-4-6-21-7-5-18/h9-13H,4-8,16H2,1-3H3. The third kappa shape index (κ3) is 3.83. The highest BCUT2D eigenvalue weighted by Gasteiger charge is 2.26. The van der Waals surface area contributed by atoms with E-state index in [1.807, 2.05) is 16.4 Å². The van der Waals surface area contributed by atoms with Gasteiger partial charge in [-0.2, -0.15) is 0 Å². The van der Waals surface area contributed by atoms with Crippen LogP contribution in [0.4, 0.5) is 0 Å². The summed E-state index contributed by atoms with van der Waals surface area (Å²) in [5, 5.41) is 0. The summed E-state index contributed by atoms with van der Waals surface area (Å²) < 4.78 is 7.20. The van der Waals surface area contributed by atoms with Crippen LogP contribution in [-0.2, 0) is 9.53 Å². The second-order valence-electron chi connectivity index (χ2n) is 6.08. The molecule has 1 aliphatic heterocycles. The molecule has 1 amide bonds. The van der Waals surface area contributed by atoms with E-state index in [4.69, 9.17) is 10.5 Å². The van der Waals surface area contributed by atoms with E-state index in [1.54, 1.807) is 12.5 Å². The second kappa shape index (κ2) is 7.04. The Morgan fingerprint density at radius 2 is 2.05 bits per heavy atom. The molecule has 0 spiro atoms. The lowest BCUT2D eigenvalue weighted by Gasteiger charge is -2.30. The van der Waals surface area contributed by atoms with E-state index < -0.39 is 0 Å². The number of morpholine rings is 1. The molecule has 1 aromatic rings. The van der Waals surface area contributed by atoms with Crippen molar-refractivity contribution in [3.05, 3.63) is 18.2 Å². The Morgan fingerprint density at radius 1 is 1.38 bits per heavy atom. The molecule has 0 radical (unpaired) electrons. The fourth-order valence-corrected chi connectivity index (χ4v) is 2.72. The van der Waals surface area contributed by atoms with Crippen molar-refractivity contribution in [3.8, 4) is 0 Å². The van der Waals surface area contributed by atoms with Gasteiger partial charge in [0.15, 0.2) is 0 Å². The SMILES string of the molecule is CC(C)CC(N)c1cncn1C(C)C(=O)N1CCOCC1. The number of hydrogen-bond donors (Lipinski definition) is 1. The maximum absolute atomic E-state index is 12.6. The Bertz CT molecular complexity index is 466. The minimum atomic E-state index is -0.279. The zero-order chi connectivity index (χ0) is 15.4. The van der Waals surface area contributed by atoms with Crippen LogP contribution in [0.2, 0.25) is 0 Å². The van der Waals surface area contributed by atoms with E-state index in [1.165, 1.54) is 0 Å². The van der Waals surface area contributed by atoms with Crippen LogP contribution in [0.25, 0.3) is 0 Å². The fraction of sp³-hybridized carbons (Fsp3) is 0.733. The van der Waals surface area contributed by atoms with Gasteiger partial charge >= 0.3 is 0 Å². The lowest BCUT2D eigenvalue weighted by atomic mass is 10.0. The van der Waals surface area contributed by atoms with Gasteiger partial charge < -0.3 is 19.9 Å². The number of carbonyl (C=O) groups is 1. The molecule has 0 saturated carbocycles. The van der Waals surface area contributed by atoms with Gasteiger partial charge in [-0.1, -0.05) is 13.8 Å². The summed E-state index contributed by atoms with van der Waals surface area (Å²) in [7, 11) is 0. The molecule has 0 bridgehead atoms. The third-order valence-corrected chi connectivity index (χ3v) is 3.90. The van der Waals surface area contributed by atoms with Crippen molar-refractivity contribution in [2.75, 3.05) is 26.3 Å². The molecule has 2 heterocycles. The molecule has 21 heavy (non-hydrogen) atoms. The van der Waals surface area contributed by atoms with E-state index >= 15 is 0 Å². The van der Waals surface area contributed by atoms with Crippen LogP contribution in [0, 0.1) is 5.92 Å². The molecule has 2 N–H and O–H groups in total. The molecule has 6 heteroatoms. The van der Waals surface area contributed by atoms with Crippen LogP contribution in [0.15, 0.2) is 12.5 Å². The number of aromatic nitrogens is 2. The van der Waals surface area contributed by atoms with Crippen LogP contribution in [0.1, 0.15) is 45.0 Å². The lowest BCUT2D eigenvalue weighted by molar-refractivity contribution is -0.138. The van der Waals surface area contributed by atoms with Gasteiger partial charge in [-0.3, -0.25) is 4.79 Å². The first kappa shape index (κ1) is 16.0. The zero-order valence-corrected chi connectivity index (χ0v) is 13.2. The highest BCUT2D eigenvalue weighted by Crippen LogP contribution is 2.22. The number of hydrogen-bond acceptors (Lipinski definition) is 4. The summed E-state index contributed by atoms with van der Waals surface area (Å²) in [6.45, 7) is 8.73. The van der Waals surface area contributed by atoms with Gasteiger partial charge in [0.25, 0.3) is 0 Å². The monoisotopic (exact) mass is 294 g/mol. The average Bonchev–Trinajstić information content (AvgIpc) is 2.95. The average molecular weight is 294 g/mol. The van der Waals surface area contributed by atoms with E-state index in [0.717, 1.165) is 12.1 Å². The molecule has 118 valence electrons. The minimum Gasteiger partial charge on any atom is -0.378 e. The Morgan fingerprint density at radius 3 is 2.67 bits per heavy atom. The molecule has 0 aromatic carbocycles. The maximum Gasteiger partial charge on any atom is 0.245 e. The largest absolute Gasteiger partial charge is 0.378 e. The molecular weight excluding hydrogens is 268 g/mol. The lowest BCUT2D eigenvalue weighted by Crippen LogP contribution is -2.44. The maximum atomic E-state index is 12.6. The van der Waals surface area contributed by atoms with Crippen LogP contribution >= 0.6 is 0 Å². The summed E-state index contributed by atoms with van der Waals surface area (Å²) in [4.78, 5) is 18.6. The van der Waals surface area contributed by atoms with Gasteiger partial charge in [-0.05, 0) is 19.3 Å². The molecule has 0 aliphatic carbocycles. The third-order valence-electron chi connectivity index (χ3n) is 3.90. The van der Waals surface area contributed by atoms with Crippen LogP contribution in [0.3, 0.4) is 0 Å². The molecule has 1 fully saturated rings. The highest BCUT2D eigenvalue weighted by atomic mass is 16.5.